The number of pyridine rings is 1. The first-order chi connectivity index (χ1) is 6.22. The minimum absolute atomic E-state index is 0.349. The molecule has 0 spiro atoms. The van der Waals surface area contributed by atoms with Gasteiger partial charge in [0.25, 0.3) is 0 Å². The molecule has 3 N–H and O–H groups in total. The highest BCUT2D eigenvalue weighted by molar-refractivity contribution is 5.09. The summed E-state index contributed by atoms with van der Waals surface area (Å²) in [5.74, 6) is 0. The van der Waals surface area contributed by atoms with Crippen LogP contribution in [-0.2, 0) is 6.54 Å². The molecule has 0 unspecified atom stereocenters. The van der Waals surface area contributed by atoms with Gasteiger partial charge in [0, 0.05) is 24.8 Å². The van der Waals surface area contributed by atoms with Crippen LogP contribution in [0.3, 0.4) is 0 Å². The van der Waals surface area contributed by atoms with Gasteiger partial charge in [0.2, 0.25) is 0 Å². The Morgan fingerprint density at radius 3 is 2.92 bits per heavy atom. The first kappa shape index (κ1) is 10.2. The summed E-state index contributed by atoms with van der Waals surface area (Å²) < 4.78 is 0. The molecule has 0 amide bonds. The second-order valence-electron chi connectivity index (χ2n) is 3.29. The number of nitrogens with zero attached hydrogens (tertiary/aromatic N) is 1. The van der Waals surface area contributed by atoms with Crippen molar-refractivity contribution < 1.29 is 0 Å². The van der Waals surface area contributed by atoms with Crippen LogP contribution in [0.2, 0.25) is 0 Å². The molecule has 72 valence electrons. The van der Waals surface area contributed by atoms with Crippen molar-refractivity contribution in [2.24, 2.45) is 5.73 Å². The van der Waals surface area contributed by atoms with E-state index in [-0.39, 0.29) is 0 Å². The predicted molar refractivity (Wildman–Crippen MR) is 54.3 cm³/mol. The standard InChI is InChI=1S/C10H17N3/c1-8-4-3-5-10(13-8)7-12-9(2)6-11/h3-5,9,12H,6-7,11H2,1-2H3/t9-/m1/s1. The van der Waals surface area contributed by atoms with E-state index >= 15 is 0 Å². The molecule has 0 aliphatic heterocycles. The highest BCUT2D eigenvalue weighted by Gasteiger charge is 1.98. The van der Waals surface area contributed by atoms with E-state index in [9.17, 15) is 0 Å². The lowest BCUT2D eigenvalue weighted by molar-refractivity contribution is 0.550. The number of hydrogen-bond donors (Lipinski definition) is 2. The quantitative estimate of drug-likeness (QED) is 0.719. The molecule has 0 aromatic carbocycles. The number of hydrogen-bond acceptors (Lipinski definition) is 3. The monoisotopic (exact) mass is 179 g/mol. The van der Waals surface area contributed by atoms with Gasteiger partial charge >= 0.3 is 0 Å². The third-order valence-electron chi connectivity index (χ3n) is 1.93. The maximum Gasteiger partial charge on any atom is 0.0544 e. The molecular formula is C10H17N3. The van der Waals surface area contributed by atoms with E-state index in [1.165, 1.54) is 0 Å². The van der Waals surface area contributed by atoms with Gasteiger partial charge in [-0.3, -0.25) is 4.98 Å². The molecule has 0 saturated carbocycles. The average Bonchev–Trinajstić information content (AvgIpc) is 2.14. The molecule has 0 bridgehead atoms. The van der Waals surface area contributed by atoms with Crippen LogP contribution in [0.15, 0.2) is 18.2 Å². The summed E-state index contributed by atoms with van der Waals surface area (Å²) in [6, 6.07) is 6.38. The van der Waals surface area contributed by atoms with Gasteiger partial charge in [-0.05, 0) is 26.0 Å². The summed E-state index contributed by atoms with van der Waals surface area (Å²) in [6.07, 6.45) is 0. The number of nitrogens with one attached hydrogen (secondary N) is 1. The largest absolute Gasteiger partial charge is 0.329 e. The van der Waals surface area contributed by atoms with Crippen LogP contribution in [0, 0.1) is 6.92 Å². The van der Waals surface area contributed by atoms with Crippen LogP contribution in [-0.4, -0.2) is 17.6 Å². The lowest BCUT2D eigenvalue weighted by Gasteiger charge is -2.10. The Morgan fingerprint density at radius 1 is 1.54 bits per heavy atom. The summed E-state index contributed by atoms with van der Waals surface area (Å²) in [4.78, 5) is 4.38. The Morgan fingerprint density at radius 2 is 2.31 bits per heavy atom. The molecule has 1 atom stereocenters. The lowest BCUT2D eigenvalue weighted by Crippen LogP contribution is -2.32. The normalized spacial score (nSPS) is 12.8. The van der Waals surface area contributed by atoms with Crippen LogP contribution in [0.5, 0.6) is 0 Å². The highest BCUT2D eigenvalue weighted by atomic mass is 14.9. The van der Waals surface area contributed by atoms with Crippen molar-refractivity contribution in [2.45, 2.75) is 26.4 Å². The fourth-order valence-corrected chi connectivity index (χ4v) is 1.06. The van der Waals surface area contributed by atoms with Gasteiger partial charge in [0.15, 0.2) is 0 Å². The van der Waals surface area contributed by atoms with Gasteiger partial charge in [-0.2, -0.15) is 0 Å². The summed E-state index contributed by atoms with van der Waals surface area (Å²) in [5, 5.41) is 3.29. The first-order valence-corrected chi connectivity index (χ1v) is 4.58. The maximum absolute atomic E-state index is 5.48. The van der Waals surface area contributed by atoms with Crippen molar-refractivity contribution in [1.82, 2.24) is 10.3 Å². The second kappa shape index (κ2) is 4.94. The molecule has 1 aromatic rings. The van der Waals surface area contributed by atoms with Gasteiger partial charge in [-0.15, -0.1) is 0 Å². The topological polar surface area (TPSA) is 50.9 Å². The fourth-order valence-electron chi connectivity index (χ4n) is 1.06. The molecule has 0 fully saturated rings. The summed E-state index contributed by atoms with van der Waals surface area (Å²) >= 11 is 0. The van der Waals surface area contributed by atoms with Gasteiger partial charge in [0.1, 0.15) is 0 Å². The summed E-state index contributed by atoms with van der Waals surface area (Å²) in [7, 11) is 0. The maximum atomic E-state index is 5.48. The summed E-state index contributed by atoms with van der Waals surface area (Å²) in [5.41, 5.74) is 7.61. The third kappa shape index (κ3) is 3.53. The van der Waals surface area contributed by atoms with Crippen LogP contribution < -0.4 is 11.1 Å². The van der Waals surface area contributed by atoms with E-state index in [0.717, 1.165) is 17.9 Å². The van der Waals surface area contributed by atoms with Crippen molar-refractivity contribution >= 4 is 0 Å². The Hall–Kier alpha value is -0.930. The van der Waals surface area contributed by atoms with E-state index in [0.29, 0.717) is 12.6 Å². The van der Waals surface area contributed by atoms with E-state index < -0.39 is 0 Å². The zero-order chi connectivity index (χ0) is 9.68. The highest BCUT2D eigenvalue weighted by Crippen LogP contribution is 1.97. The van der Waals surface area contributed by atoms with Crippen LogP contribution in [0.25, 0.3) is 0 Å². The summed E-state index contributed by atoms with van der Waals surface area (Å²) in [6.45, 7) is 5.51. The third-order valence-corrected chi connectivity index (χ3v) is 1.93. The molecule has 1 aromatic heterocycles. The smallest absolute Gasteiger partial charge is 0.0544 e. The second-order valence-corrected chi connectivity index (χ2v) is 3.29. The van der Waals surface area contributed by atoms with Crippen LogP contribution in [0.4, 0.5) is 0 Å². The number of aromatic nitrogens is 1. The number of rotatable bonds is 4. The minimum Gasteiger partial charge on any atom is -0.329 e. The van der Waals surface area contributed by atoms with Crippen molar-refractivity contribution in [2.75, 3.05) is 6.54 Å². The van der Waals surface area contributed by atoms with Crippen LogP contribution >= 0.6 is 0 Å². The van der Waals surface area contributed by atoms with E-state index in [2.05, 4.69) is 17.2 Å². The average molecular weight is 179 g/mol. The molecule has 1 rings (SSSR count). The van der Waals surface area contributed by atoms with Gasteiger partial charge in [-0.25, -0.2) is 0 Å². The molecule has 3 nitrogen and oxygen atoms in total. The van der Waals surface area contributed by atoms with Crippen molar-refractivity contribution in [3.05, 3.63) is 29.6 Å². The number of nitrogens with two attached hydrogens (primary N) is 1. The molecule has 0 aliphatic rings. The van der Waals surface area contributed by atoms with Crippen LogP contribution in [0.1, 0.15) is 18.3 Å². The van der Waals surface area contributed by atoms with E-state index in [1.54, 1.807) is 0 Å². The Labute approximate surface area is 79.4 Å². The number of aryl methyl sites for hydroxylation is 1. The van der Waals surface area contributed by atoms with Gasteiger partial charge < -0.3 is 11.1 Å². The zero-order valence-corrected chi connectivity index (χ0v) is 8.25. The van der Waals surface area contributed by atoms with E-state index in [1.807, 2.05) is 25.1 Å². The molecule has 3 heteroatoms. The van der Waals surface area contributed by atoms with Gasteiger partial charge in [0.05, 0.1) is 5.69 Å². The molecule has 0 radical (unpaired) electrons. The Bertz CT molecular complexity index is 260. The van der Waals surface area contributed by atoms with Crippen molar-refractivity contribution in [1.29, 1.82) is 0 Å². The zero-order valence-electron chi connectivity index (χ0n) is 8.25. The Balaban J connectivity index is 2.45. The molecule has 1 heterocycles. The van der Waals surface area contributed by atoms with Gasteiger partial charge in [-0.1, -0.05) is 6.07 Å². The van der Waals surface area contributed by atoms with Crippen molar-refractivity contribution in [3.63, 3.8) is 0 Å². The van der Waals surface area contributed by atoms with Crippen molar-refractivity contribution in [3.8, 4) is 0 Å². The molecular weight excluding hydrogens is 162 g/mol. The first-order valence-electron chi connectivity index (χ1n) is 4.58. The molecule has 0 aliphatic carbocycles. The molecule has 13 heavy (non-hydrogen) atoms. The lowest BCUT2D eigenvalue weighted by atomic mass is 10.3. The van der Waals surface area contributed by atoms with E-state index in [4.69, 9.17) is 5.73 Å². The fraction of sp³-hybridized carbons (Fsp3) is 0.500. The molecule has 0 saturated heterocycles. The Kier molecular flexibility index (Phi) is 3.86. The SMILES string of the molecule is Cc1cccc(CN[C@H](C)CN)n1. The minimum atomic E-state index is 0.349. The predicted octanol–water partition coefficient (Wildman–Crippen LogP) is 0.827.